The quantitative estimate of drug-likeness (QED) is 0.806. The molecule has 148 valence electrons. The fourth-order valence-corrected chi connectivity index (χ4v) is 3.94. The Kier molecular flexibility index (Phi) is 5.62. The number of nitrogens with zero attached hydrogens (tertiary/aromatic N) is 3. The van der Waals surface area contributed by atoms with Crippen molar-refractivity contribution in [1.82, 2.24) is 9.80 Å². The van der Waals surface area contributed by atoms with E-state index in [4.69, 9.17) is 4.42 Å². The van der Waals surface area contributed by atoms with Crippen LogP contribution in [-0.4, -0.2) is 80.5 Å². The molecule has 1 aromatic carbocycles. The molecular formula is C21H27N4O3+. The van der Waals surface area contributed by atoms with Crippen LogP contribution in [0.5, 0.6) is 0 Å². The van der Waals surface area contributed by atoms with Crippen LogP contribution in [-0.2, 0) is 4.79 Å². The maximum atomic E-state index is 12.7. The second-order valence-corrected chi connectivity index (χ2v) is 7.40. The Labute approximate surface area is 165 Å². The van der Waals surface area contributed by atoms with Gasteiger partial charge in [-0.15, -0.1) is 0 Å². The van der Waals surface area contributed by atoms with Gasteiger partial charge in [-0.25, -0.2) is 0 Å². The molecule has 2 aliphatic heterocycles. The largest absolute Gasteiger partial charge is 0.459 e. The summed E-state index contributed by atoms with van der Waals surface area (Å²) in [4.78, 5) is 32.4. The predicted molar refractivity (Wildman–Crippen MR) is 105 cm³/mol. The van der Waals surface area contributed by atoms with Crippen molar-refractivity contribution < 1.29 is 18.9 Å². The van der Waals surface area contributed by atoms with Crippen molar-refractivity contribution in [3.8, 4) is 0 Å². The average Bonchev–Trinajstić information content (AvgIpc) is 3.29. The van der Waals surface area contributed by atoms with Gasteiger partial charge < -0.3 is 24.0 Å². The van der Waals surface area contributed by atoms with E-state index in [0.717, 1.165) is 39.3 Å². The highest BCUT2D eigenvalue weighted by atomic mass is 16.3. The van der Waals surface area contributed by atoms with Gasteiger partial charge in [-0.05, 0) is 24.3 Å². The third-order valence-electron chi connectivity index (χ3n) is 5.64. The maximum absolute atomic E-state index is 12.7. The van der Waals surface area contributed by atoms with Crippen molar-refractivity contribution in [3.05, 3.63) is 54.5 Å². The summed E-state index contributed by atoms with van der Waals surface area (Å²) in [5.74, 6) is 0.539. The van der Waals surface area contributed by atoms with E-state index in [-0.39, 0.29) is 11.8 Å². The molecule has 1 N–H and O–H groups in total. The summed E-state index contributed by atoms with van der Waals surface area (Å²) in [5, 5.41) is 0. The number of benzene rings is 1. The number of rotatable bonds is 4. The van der Waals surface area contributed by atoms with Crippen LogP contribution in [0, 0.1) is 0 Å². The number of nitrogens with one attached hydrogen (secondary N) is 1. The summed E-state index contributed by atoms with van der Waals surface area (Å²) >= 11 is 0. The Balaban J connectivity index is 1.21. The third kappa shape index (κ3) is 4.20. The predicted octanol–water partition coefficient (Wildman–Crippen LogP) is -0.0309. The molecule has 0 atom stereocenters. The van der Waals surface area contributed by atoms with Crippen LogP contribution in [0.15, 0.2) is 53.1 Å². The van der Waals surface area contributed by atoms with Gasteiger partial charge in [0.25, 0.3) is 11.8 Å². The molecule has 7 heteroatoms. The Hall–Kier alpha value is -2.80. The van der Waals surface area contributed by atoms with Gasteiger partial charge in [0.1, 0.15) is 0 Å². The molecule has 7 nitrogen and oxygen atoms in total. The molecule has 0 aliphatic carbocycles. The first-order valence-corrected chi connectivity index (χ1v) is 9.95. The Morgan fingerprint density at radius 2 is 1.57 bits per heavy atom. The summed E-state index contributed by atoms with van der Waals surface area (Å²) in [7, 11) is 0. The Bertz CT molecular complexity index is 777. The van der Waals surface area contributed by atoms with Gasteiger partial charge in [-0.2, -0.15) is 0 Å². The molecule has 2 aliphatic rings. The molecular weight excluding hydrogens is 356 g/mol. The van der Waals surface area contributed by atoms with E-state index < -0.39 is 0 Å². The standard InChI is InChI=1S/C21H26N4O3/c26-20(24-14-12-23(13-15-24)18-5-2-1-3-6-18)17-22-8-10-25(11-9-22)21(27)19-7-4-16-28-19/h1-7,16H,8-15,17H2/p+1. The summed E-state index contributed by atoms with van der Waals surface area (Å²) < 4.78 is 5.20. The number of amides is 2. The molecule has 2 fully saturated rings. The molecule has 2 amide bonds. The zero-order valence-electron chi connectivity index (χ0n) is 16.0. The normalized spacial score (nSPS) is 18.4. The lowest BCUT2D eigenvalue weighted by Gasteiger charge is -2.37. The molecule has 28 heavy (non-hydrogen) atoms. The monoisotopic (exact) mass is 383 g/mol. The van der Waals surface area contributed by atoms with Crippen molar-refractivity contribution in [1.29, 1.82) is 0 Å². The SMILES string of the molecule is O=C(C[NH+]1CCN(C(=O)c2ccco2)CC1)N1CCN(c2ccccc2)CC1. The van der Waals surface area contributed by atoms with Crippen LogP contribution >= 0.6 is 0 Å². The molecule has 0 bridgehead atoms. The Morgan fingerprint density at radius 3 is 2.21 bits per heavy atom. The molecule has 0 radical (unpaired) electrons. The van der Waals surface area contributed by atoms with Crippen LogP contribution in [0.3, 0.4) is 0 Å². The Morgan fingerprint density at radius 1 is 0.857 bits per heavy atom. The number of furan rings is 1. The van der Waals surface area contributed by atoms with Crippen molar-refractivity contribution in [2.24, 2.45) is 0 Å². The van der Waals surface area contributed by atoms with E-state index >= 15 is 0 Å². The summed E-state index contributed by atoms with van der Waals surface area (Å²) in [5.41, 5.74) is 1.22. The molecule has 3 heterocycles. The van der Waals surface area contributed by atoms with E-state index in [0.29, 0.717) is 25.4 Å². The smallest absolute Gasteiger partial charge is 0.289 e. The highest BCUT2D eigenvalue weighted by Crippen LogP contribution is 2.15. The molecule has 4 rings (SSSR count). The summed E-state index contributed by atoms with van der Waals surface area (Å²) in [6.07, 6.45) is 1.52. The minimum atomic E-state index is -0.0626. The lowest BCUT2D eigenvalue weighted by Crippen LogP contribution is -3.15. The fourth-order valence-electron chi connectivity index (χ4n) is 3.94. The van der Waals surface area contributed by atoms with E-state index in [1.54, 1.807) is 12.1 Å². The van der Waals surface area contributed by atoms with Crippen LogP contribution < -0.4 is 9.80 Å². The number of hydrogen-bond acceptors (Lipinski definition) is 4. The minimum absolute atomic E-state index is 0.0626. The fraction of sp³-hybridized carbons (Fsp3) is 0.429. The zero-order chi connectivity index (χ0) is 19.3. The third-order valence-corrected chi connectivity index (χ3v) is 5.64. The molecule has 2 saturated heterocycles. The van der Waals surface area contributed by atoms with E-state index in [2.05, 4.69) is 17.0 Å². The maximum Gasteiger partial charge on any atom is 0.289 e. The van der Waals surface area contributed by atoms with Crippen molar-refractivity contribution >= 4 is 17.5 Å². The molecule has 2 aromatic rings. The number of quaternary nitrogens is 1. The molecule has 0 saturated carbocycles. The summed E-state index contributed by atoms with van der Waals surface area (Å²) in [6.45, 7) is 6.69. The molecule has 0 spiro atoms. The van der Waals surface area contributed by atoms with Gasteiger partial charge in [0.05, 0.1) is 32.4 Å². The molecule has 0 unspecified atom stereocenters. The van der Waals surface area contributed by atoms with E-state index in [1.165, 1.54) is 16.9 Å². The second-order valence-electron chi connectivity index (χ2n) is 7.40. The first kappa shape index (κ1) is 18.6. The van der Waals surface area contributed by atoms with Crippen LogP contribution in [0.25, 0.3) is 0 Å². The van der Waals surface area contributed by atoms with Crippen LogP contribution in [0.4, 0.5) is 5.69 Å². The first-order valence-electron chi connectivity index (χ1n) is 9.95. The number of piperazine rings is 2. The highest BCUT2D eigenvalue weighted by molar-refractivity contribution is 5.91. The van der Waals surface area contributed by atoms with Gasteiger partial charge in [0.2, 0.25) is 0 Å². The molecule has 1 aromatic heterocycles. The van der Waals surface area contributed by atoms with Gasteiger partial charge in [0, 0.05) is 31.9 Å². The van der Waals surface area contributed by atoms with Gasteiger partial charge in [0.15, 0.2) is 12.3 Å². The number of hydrogen-bond donors (Lipinski definition) is 1. The van der Waals surface area contributed by atoms with Crippen molar-refractivity contribution in [3.63, 3.8) is 0 Å². The second kappa shape index (κ2) is 8.48. The zero-order valence-corrected chi connectivity index (χ0v) is 16.0. The minimum Gasteiger partial charge on any atom is -0.459 e. The van der Waals surface area contributed by atoms with Crippen LogP contribution in [0.1, 0.15) is 10.6 Å². The lowest BCUT2D eigenvalue weighted by atomic mass is 10.2. The van der Waals surface area contributed by atoms with Gasteiger partial charge in [-0.3, -0.25) is 9.59 Å². The van der Waals surface area contributed by atoms with Crippen molar-refractivity contribution in [2.45, 2.75) is 0 Å². The van der Waals surface area contributed by atoms with Gasteiger partial charge in [-0.1, -0.05) is 18.2 Å². The number of para-hydroxylation sites is 1. The average molecular weight is 383 g/mol. The van der Waals surface area contributed by atoms with Gasteiger partial charge >= 0.3 is 0 Å². The van der Waals surface area contributed by atoms with E-state index in [9.17, 15) is 9.59 Å². The van der Waals surface area contributed by atoms with E-state index in [1.807, 2.05) is 28.0 Å². The van der Waals surface area contributed by atoms with Crippen molar-refractivity contribution in [2.75, 3.05) is 63.8 Å². The summed E-state index contributed by atoms with van der Waals surface area (Å²) in [6, 6.07) is 13.8. The first-order chi connectivity index (χ1) is 13.7. The topological polar surface area (TPSA) is 61.4 Å². The highest BCUT2D eigenvalue weighted by Gasteiger charge is 2.29. The number of anilines is 1. The lowest BCUT2D eigenvalue weighted by molar-refractivity contribution is -0.896. The van der Waals surface area contributed by atoms with Crippen LogP contribution in [0.2, 0.25) is 0 Å². The number of carbonyl (C=O) groups excluding carboxylic acids is 2. The number of carbonyl (C=O) groups is 2.